The number of carboxylic acids is 2. The standard InChI is InChI=1S/2C6H14N2O2.Zn/c2*7-4-2-1-3-5(8)6(9)10;/h2*5H,1-4,7-8H2,(H,9,10);/q;;+2/p-2. The maximum atomic E-state index is 10.0. The molecule has 0 heterocycles. The van der Waals surface area contributed by atoms with E-state index in [1.165, 1.54) is 0 Å². The maximum Gasteiger partial charge on any atom is 2.00 e. The zero-order valence-electron chi connectivity index (χ0n) is 12.5. The summed E-state index contributed by atoms with van der Waals surface area (Å²) in [4.78, 5) is 20.1. The van der Waals surface area contributed by atoms with Crippen LogP contribution >= 0.6 is 0 Å². The van der Waals surface area contributed by atoms with E-state index in [-0.39, 0.29) is 19.5 Å². The van der Waals surface area contributed by atoms with Crippen molar-refractivity contribution < 1.29 is 39.3 Å². The molecule has 0 radical (unpaired) electrons. The summed E-state index contributed by atoms with van der Waals surface area (Å²) in [7, 11) is 0. The third kappa shape index (κ3) is 19.4. The van der Waals surface area contributed by atoms with Crippen molar-refractivity contribution in [1.29, 1.82) is 0 Å². The van der Waals surface area contributed by atoms with Crippen molar-refractivity contribution in [2.75, 3.05) is 13.1 Å². The smallest absolute Gasteiger partial charge is 0.548 e. The molecule has 0 aromatic rings. The Hall–Kier alpha value is -0.597. The van der Waals surface area contributed by atoms with E-state index < -0.39 is 24.0 Å². The number of hydrogen-bond acceptors (Lipinski definition) is 8. The molecule has 0 aromatic carbocycles. The zero-order chi connectivity index (χ0) is 16.0. The first-order valence-electron chi connectivity index (χ1n) is 6.69. The largest absolute Gasteiger partial charge is 2.00 e. The van der Waals surface area contributed by atoms with E-state index in [1.54, 1.807) is 0 Å². The number of carbonyl (C=O) groups is 2. The molecule has 2 unspecified atom stereocenters. The fourth-order valence-electron chi connectivity index (χ4n) is 1.25. The Kier molecular flexibility index (Phi) is 21.1. The fourth-order valence-corrected chi connectivity index (χ4v) is 1.25. The second-order valence-corrected chi connectivity index (χ2v) is 4.42. The van der Waals surface area contributed by atoms with E-state index in [2.05, 4.69) is 0 Å². The molecule has 120 valence electrons. The van der Waals surface area contributed by atoms with Crippen LogP contribution in [0.25, 0.3) is 0 Å². The molecule has 8 nitrogen and oxygen atoms in total. The molecule has 0 aliphatic heterocycles. The summed E-state index contributed by atoms with van der Waals surface area (Å²) in [5.74, 6) is -2.37. The molecule has 0 spiro atoms. The maximum absolute atomic E-state index is 10.0. The van der Waals surface area contributed by atoms with Gasteiger partial charge in [0.05, 0.1) is 11.9 Å². The van der Waals surface area contributed by atoms with Gasteiger partial charge in [-0.1, -0.05) is 12.8 Å². The first-order valence-corrected chi connectivity index (χ1v) is 6.69. The molecule has 0 fully saturated rings. The first-order chi connectivity index (χ1) is 9.36. The average molecular weight is 356 g/mol. The summed E-state index contributed by atoms with van der Waals surface area (Å²) in [6, 6.07) is -1.65. The first kappa shape index (κ1) is 25.4. The minimum atomic E-state index is -1.18. The normalized spacial score (nSPS) is 12.4. The summed E-state index contributed by atoms with van der Waals surface area (Å²) < 4.78 is 0. The predicted molar refractivity (Wildman–Crippen MR) is 71.8 cm³/mol. The van der Waals surface area contributed by atoms with Crippen LogP contribution in [0.5, 0.6) is 0 Å². The second-order valence-electron chi connectivity index (χ2n) is 4.42. The van der Waals surface area contributed by atoms with Gasteiger partial charge in [0.15, 0.2) is 0 Å². The van der Waals surface area contributed by atoms with Crippen LogP contribution in [0.4, 0.5) is 0 Å². The van der Waals surface area contributed by atoms with Gasteiger partial charge < -0.3 is 42.7 Å². The van der Waals surface area contributed by atoms with Gasteiger partial charge in [0.25, 0.3) is 0 Å². The molecule has 2 atom stereocenters. The van der Waals surface area contributed by atoms with Gasteiger partial charge >= 0.3 is 19.5 Å². The molecule has 0 saturated carbocycles. The number of rotatable bonds is 10. The van der Waals surface area contributed by atoms with Crippen molar-refractivity contribution in [2.45, 2.75) is 50.6 Å². The van der Waals surface area contributed by atoms with Crippen LogP contribution < -0.4 is 33.1 Å². The van der Waals surface area contributed by atoms with Crippen LogP contribution in [0.2, 0.25) is 0 Å². The number of unbranched alkanes of at least 4 members (excludes halogenated alkanes) is 2. The number of carbonyl (C=O) groups excluding carboxylic acids is 2. The molecule has 0 aliphatic rings. The van der Waals surface area contributed by atoms with Crippen LogP contribution in [0.3, 0.4) is 0 Å². The Balaban J connectivity index is -0.000000295. The van der Waals surface area contributed by atoms with Crippen molar-refractivity contribution in [3.8, 4) is 0 Å². The molecular formula is C12H26N4O4Zn. The van der Waals surface area contributed by atoms with E-state index in [1.807, 2.05) is 0 Å². The molecule has 0 rings (SSSR count). The molecular weight excluding hydrogens is 330 g/mol. The Morgan fingerprint density at radius 2 is 1.05 bits per heavy atom. The van der Waals surface area contributed by atoms with Crippen molar-refractivity contribution >= 4 is 11.9 Å². The van der Waals surface area contributed by atoms with Gasteiger partial charge in [0.1, 0.15) is 0 Å². The topological polar surface area (TPSA) is 184 Å². The van der Waals surface area contributed by atoms with Crippen LogP contribution in [-0.2, 0) is 29.1 Å². The zero-order valence-corrected chi connectivity index (χ0v) is 15.4. The molecule has 21 heavy (non-hydrogen) atoms. The van der Waals surface area contributed by atoms with Gasteiger partial charge in [-0.05, 0) is 38.8 Å². The van der Waals surface area contributed by atoms with Gasteiger partial charge in [-0.25, -0.2) is 0 Å². The second kappa shape index (κ2) is 17.5. The van der Waals surface area contributed by atoms with Crippen molar-refractivity contribution in [3.63, 3.8) is 0 Å². The Bertz CT molecular complexity index is 244. The van der Waals surface area contributed by atoms with E-state index in [9.17, 15) is 19.8 Å². The monoisotopic (exact) mass is 354 g/mol. The summed E-state index contributed by atoms with van der Waals surface area (Å²) in [5.41, 5.74) is 20.7. The molecule has 0 bridgehead atoms. The predicted octanol–water partition coefficient (Wildman–Crippen LogP) is -3.62. The van der Waals surface area contributed by atoms with Crippen molar-refractivity contribution in [3.05, 3.63) is 0 Å². The minimum Gasteiger partial charge on any atom is -0.548 e. The fraction of sp³-hybridized carbons (Fsp3) is 0.833. The van der Waals surface area contributed by atoms with Gasteiger partial charge in [-0.15, -0.1) is 0 Å². The van der Waals surface area contributed by atoms with Crippen LogP contribution in [-0.4, -0.2) is 37.1 Å². The van der Waals surface area contributed by atoms with Gasteiger partial charge in [-0.2, -0.15) is 0 Å². The number of aliphatic carboxylic acids is 2. The number of hydrogen-bond donors (Lipinski definition) is 4. The summed E-state index contributed by atoms with van der Waals surface area (Å²) >= 11 is 0. The van der Waals surface area contributed by atoms with E-state index in [0.717, 1.165) is 25.7 Å². The summed E-state index contributed by atoms with van der Waals surface area (Å²) in [6.07, 6.45) is 4.07. The minimum absolute atomic E-state index is 0. The third-order valence-electron chi connectivity index (χ3n) is 2.54. The molecule has 0 saturated heterocycles. The Morgan fingerprint density at radius 3 is 1.24 bits per heavy atom. The summed E-state index contributed by atoms with van der Waals surface area (Å²) in [6.45, 7) is 1.17. The summed E-state index contributed by atoms with van der Waals surface area (Å²) in [5, 5.41) is 20.1. The van der Waals surface area contributed by atoms with Crippen LogP contribution in [0.15, 0.2) is 0 Å². The quantitative estimate of drug-likeness (QED) is 0.228. The Morgan fingerprint density at radius 1 is 0.762 bits per heavy atom. The van der Waals surface area contributed by atoms with Gasteiger partial charge in [0, 0.05) is 12.1 Å². The van der Waals surface area contributed by atoms with Crippen molar-refractivity contribution in [2.24, 2.45) is 22.9 Å². The van der Waals surface area contributed by atoms with Gasteiger partial charge in [0.2, 0.25) is 0 Å². The molecule has 8 N–H and O–H groups in total. The van der Waals surface area contributed by atoms with E-state index in [4.69, 9.17) is 22.9 Å². The molecule has 0 aromatic heterocycles. The van der Waals surface area contributed by atoms with Gasteiger partial charge in [-0.3, -0.25) is 0 Å². The van der Waals surface area contributed by atoms with E-state index in [0.29, 0.717) is 25.9 Å². The van der Waals surface area contributed by atoms with Crippen LogP contribution in [0, 0.1) is 0 Å². The SMILES string of the molecule is NCCCCC(N)C(=O)[O-].NCCCCC(N)C(=O)[O-].[Zn+2]. The molecule has 0 amide bonds. The Labute approximate surface area is 138 Å². The number of nitrogens with two attached hydrogens (primary N) is 4. The third-order valence-corrected chi connectivity index (χ3v) is 2.54. The van der Waals surface area contributed by atoms with Crippen molar-refractivity contribution in [1.82, 2.24) is 0 Å². The molecule has 0 aliphatic carbocycles. The van der Waals surface area contributed by atoms with E-state index >= 15 is 0 Å². The average Bonchev–Trinajstić information content (AvgIpc) is 2.39. The molecule has 9 heteroatoms. The van der Waals surface area contributed by atoms with Crippen LogP contribution in [0.1, 0.15) is 38.5 Å². The number of carboxylic acid groups (broad SMARTS) is 2.